The molecule has 134 valence electrons. The quantitative estimate of drug-likeness (QED) is 0.281. The molecule has 27 heavy (non-hydrogen) atoms. The Kier molecular flexibility index (Phi) is 5.22. The van der Waals surface area contributed by atoms with Gasteiger partial charge in [0.2, 0.25) is 0 Å². The van der Waals surface area contributed by atoms with Crippen LogP contribution >= 0.6 is 43.5 Å². The molecule has 3 aromatic carbocycles. The third-order valence-corrected chi connectivity index (χ3v) is 5.85. The van der Waals surface area contributed by atoms with E-state index in [4.69, 9.17) is 16.7 Å². The highest BCUT2D eigenvalue weighted by molar-refractivity contribution is 9.10. The van der Waals surface area contributed by atoms with Crippen molar-refractivity contribution in [2.75, 3.05) is 0 Å². The third kappa shape index (κ3) is 3.88. The maximum Gasteiger partial charge on any atom is 0.0934 e. The van der Waals surface area contributed by atoms with Crippen molar-refractivity contribution >= 4 is 43.5 Å². The Labute approximate surface area is 180 Å². The Morgan fingerprint density at radius 2 is 1.37 bits per heavy atom. The average Bonchev–Trinajstić information content (AvgIpc) is 3.10. The molecular weight excluding hydrogens is 488 g/mol. The summed E-state index contributed by atoms with van der Waals surface area (Å²) >= 11 is 13.4. The summed E-state index contributed by atoms with van der Waals surface area (Å²) in [5.41, 5.74) is 6.06. The fourth-order valence-corrected chi connectivity index (χ4v) is 3.58. The smallest absolute Gasteiger partial charge is 0.0934 e. The highest BCUT2D eigenvalue weighted by atomic mass is 79.9. The molecule has 0 aliphatic carbocycles. The van der Waals surface area contributed by atoms with E-state index in [0.29, 0.717) is 0 Å². The molecule has 0 fully saturated rings. The predicted octanol–water partition coefficient (Wildman–Crippen LogP) is 7.69. The van der Waals surface area contributed by atoms with Crippen molar-refractivity contribution in [1.29, 1.82) is 0 Å². The van der Waals surface area contributed by atoms with Crippen LogP contribution in [-0.4, -0.2) is 9.78 Å². The molecule has 0 unspecified atom stereocenters. The molecule has 1 aromatic heterocycles. The van der Waals surface area contributed by atoms with E-state index in [1.165, 1.54) is 0 Å². The zero-order valence-electron chi connectivity index (χ0n) is 14.5. The summed E-state index contributed by atoms with van der Waals surface area (Å²) in [6.45, 7) is 2.00. The molecule has 5 heteroatoms. The van der Waals surface area contributed by atoms with Gasteiger partial charge in [-0.3, -0.25) is 0 Å². The van der Waals surface area contributed by atoms with Crippen molar-refractivity contribution in [3.8, 4) is 28.2 Å². The van der Waals surface area contributed by atoms with Crippen LogP contribution in [0.25, 0.3) is 28.2 Å². The molecule has 0 aliphatic rings. The van der Waals surface area contributed by atoms with E-state index < -0.39 is 0 Å². The van der Waals surface area contributed by atoms with Gasteiger partial charge in [-0.05, 0) is 55.0 Å². The predicted molar refractivity (Wildman–Crippen MR) is 120 cm³/mol. The van der Waals surface area contributed by atoms with Crippen LogP contribution in [0.2, 0.25) is 5.02 Å². The summed E-state index contributed by atoms with van der Waals surface area (Å²) in [4.78, 5) is 0. The number of aromatic nitrogens is 2. The lowest BCUT2D eigenvalue weighted by molar-refractivity contribution is 0.891. The molecule has 0 saturated carbocycles. The summed E-state index contributed by atoms with van der Waals surface area (Å²) in [6.07, 6.45) is 0. The van der Waals surface area contributed by atoms with Gasteiger partial charge < -0.3 is 0 Å². The molecule has 0 N–H and O–H groups in total. The van der Waals surface area contributed by atoms with Crippen LogP contribution in [0.3, 0.4) is 0 Å². The molecule has 0 atom stereocenters. The van der Waals surface area contributed by atoms with Crippen molar-refractivity contribution in [2.24, 2.45) is 0 Å². The highest BCUT2D eigenvalue weighted by Crippen LogP contribution is 2.31. The molecule has 0 saturated heterocycles. The molecule has 4 aromatic rings. The van der Waals surface area contributed by atoms with Crippen LogP contribution in [0.5, 0.6) is 0 Å². The van der Waals surface area contributed by atoms with Gasteiger partial charge in [-0.1, -0.05) is 73.8 Å². The van der Waals surface area contributed by atoms with Crippen molar-refractivity contribution < 1.29 is 0 Å². The van der Waals surface area contributed by atoms with Gasteiger partial charge >= 0.3 is 0 Å². The first-order valence-corrected chi connectivity index (χ1v) is 10.4. The maximum absolute atomic E-state index is 6.37. The van der Waals surface area contributed by atoms with Gasteiger partial charge in [-0.25, -0.2) is 4.68 Å². The van der Waals surface area contributed by atoms with E-state index >= 15 is 0 Å². The Hall–Kier alpha value is -1.88. The summed E-state index contributed by atoms with van der Waals surface area (Å²) in [5.74, 6) is 0. The number of aryl methyl sites for hydroxylation is 1. The monoisotopic (exact) mass is 500 g/mol. The summed E-state index contributed by atoms with van der Waals surface area (Å²) in [7, 11) is 0. The second-order valence-corrected chi connectivity index (χ2v) is 8.51. The fraction of sp³-hybridized carbons (Fsp3) is 0.0455. The maximum atomic E-state index is 6.37. The summed E-state index contributed by atoms with van der Waals surface area (Å²) < 4.78 is 4.04. The standard InChI is InChI=1S/C22H15Br2ClN2/c1-14-2-11-19(12-20(14)25)27-22(16-5-9-18(24)10-6-16)13-21(26-27)15-3-7-17(23)8-4-15/h2-13H,1H3. The van der Waals surface area contributed by atoms with Gasteiger partial charge in [-0.15, -0.1) is 0 Å². The van der Waals surface area contributed by atoms with Crippen molar-refractivity contribution in [1.82, 2.24) is 9.78 Å². The molecule has 0 radical (unpaired) electrons. The fourth-order valence-electron chi connectivity index (χ4n) is 2.88. The first-order chi connectivity index (χ1) is 13.0. The number of nitrogens with zero attached hydrogens (tertiary/aromatic N) is 2. The minimum atomic E-state index is 0.731. The van der Waals surface area contributed by atoms with E-state index in [1.807, 2.05) is 54.1 Å². The minimum Gasteiger partial charge on any atom is -0.232 e. The lowest BCUT2D eigenvalue weighted by Crippen LogP contribution is -1.99. The third-order valence-electron chi connectivity index (χ3n) is 4.39. The average molecular weight is 503 g/mol. The van der Waals surface area contributed by atoms with Gasteiger partial charge in [-0.2, -0.15) is 5.10 Å². The van der Waals surface area contributed by atoms with Crippen molar-refractivity contribution in [3.05, 3.63) is 92.3 Å². The molecule has 4 rings (SSSR count). The first kappa shape index (κ1) is 18.5. The number of benzene rings is 3. The SMILES string of the molecule is Cc1ccc(-n2nc(-c3ccc(Br)cc3)cc2-c2ccc(Br)cc2)cc1Cl. The van der Waals surface area contributed by atoms with E-state index in [9.17, 15) is 0 Å². The highest BCUT2D eigenvalue weighted by Gasteiger charge is 2.14. The Balaban J connectivity index is 1.90. The van der Waals surface area contributed by atoms with Gasteiger partial charge in [0.1, 0.15) is 0 Å². The van der Waals surface area contributed by atoms with E-state index in [0.717, 1.165) is 47.7 Å². The zero-order valence-corrected chi connectivity index (χ0v) is 18.4. The topological polar surface area (TPSA) is 17.8 Å². The second kappa shape index (κ2) is 7.63. The zero-order chi connectivity index (χ0) is 19.0. The number of hydrogen-bond donors (Lipinski definition) is 0. The first-order valence-electron chi connectivity index (χ1n) is 8.40. The van der Waals surface area contributed by atoms with Crippen LogP contribution in [-0.2, 0) is 0 Å². The Bertz CT molecular complexity index is 1100. The van der Waals surface area contributed by atoms with Crippen molar-refractivity contribution in [2.45, 2.75) is 6.92 Å². The van der Waals surface area contributed by atoms with Crippen LogP contribution < -0.4 is 0 Å². The second-order valence-electron chi connectivity index (χ2n) is 6.27. The van der Waals surface area contributed by atoms with Gasteiger partial charge in [0, 0.05) is 25.1 Å². The van der Waals surface area contributed by atoms with Gasteiger partial charge in [0.15, 0.2) is 0 Å². The normalized spacial score (nSPS) is 11.0. The van der Waals surface area contributed by atoms with Crippen LogP contribution in [0, 0.1) is 6.92 Å². The van der Waals surface area contributed by atoms with Crippen LogP contribution in [0.1, 0.15) is 5.56 Å². The van der Waals surface area contributed by atoms with E-state index in [-0.39, 0.29) is 0 Å². The largest absolute Gasteiger partial charge is 0.232 e. The number of halogens is 3. The molecule has 2 nitrogen and oxygen atoms in total. The van der Waals surface area contributed by atoms with Gasteiger partial charge in [0.05, 0.1) is 17.1 Å². The van der Waals surface area contributed by atoms with E-state index in [2.05, 4.69) is 62.2 Å². The van der Waals surface area contributed by atoms with E-state index in [1.54, 1.807) is 0 Å². The van der Waals surface area contributed by atoms with Gasteiger partial charge in [0.25, 0.3) is 0 Å². The molecule has 0 aliphatic heterocycles. The molecule has 0 bridgehead atoms. The molecule has 0 spiro atoms. The molecular formula is C22H15Br2ClN2. The lowest BCUT2D eigenvalue weighted by Gasteiger charge is -2.09. The van der Waals surface area contributed by atoms with Crippen LogP contribution in [0.4, 0.5) is 0 Å². The lowest BCUT2D eigenvalue weighted by atomic mass is 10.1. The number of rotatable bonds is 3. The Morgan fingerprint density at radius 3 is 1.96 bits per heavy atom. The minimum absolute atomic E-state index is 0.731. The summed E-state index contributed by atoms with van der Waals surface area (Å²) in [6, 6.07) is 24.5. The number of hydrogen-bond acceptors (Lipinski definition) is 1. The molecule has 0 amide bonds. The Morgan fingerprint density at radius 1 is 0.778 bits per heavy atom. The van der Waals surface area contributed by atoms with Crippen molar-refractivity contribution in [3.63, 3.8) is 0 Å². The van der Waals surface area contributed by atoms with Crippen LogP contribution in [0.15, 0.2) is 81.7 Å². The molecule has 1 heterocycles. The summed E-state index contributed by atoms with van der Waals surface area (Å²) in [5, 5.41) is 5.61.